The SMILES string of the molecule is CC1=C(C(=O)OC(C)C)C(c2cccs2)n2c(s/c(=C/c3c(F)cccc3Cl)c2=O)=N1. The number of fused-ring (bicyclic) bond motifs is 1. The highest BCUT2D eigenvalue weighted by Crippen LogP contribution is 2.33. The Hall–Kier alpha value is -2.55. The highest BCUT2D eigenvalue weighted by Gasteiger charge is 2.34. The van der Waals surface area contributed by atoms with Crippen LogP contribution in [0.5, 0.6) is 0 Å². The molecular formula is C22H18ClFN2O3S2. The lowest BCUT2D eigenvalue weighted by Gasteiger charge is -2.24. The van der Waals surface area contributed by atoms with Crippen molar-refractivity contribution in [2.75, 3.05) is 0 Å². The molecule has 3 aromatic rings. The third-order valence-corrected chi connectivity index (χ3v) is 6.91. The molecular weight excluding hydrogens is 459 g/mol. The van der Waals surface area contributed by atoms with E-state index in [1.54, 1.807) is 26.8 Å². The van der Waals surface area contributed by atoms with Gasteiger partial charge < -0.3 is 4.74 Å². The van der Waals surface area contributed by atoms with Gasteiger partial charge >= 0.3 is 5.97 Å². The molecule has 1 aliphatic rings. The second-order valence-corrected chi connectivity index (χ2v) is 9.58. The molecule has 31 heavy (non-hydrogen) atoms. The summed E-state index contributed by atoms with van der Waals surface area (Å²) in [7, 11) is 0. The van der Waals surface area contributed by atoms with Crippen molar-refractivity contribution in [2.45, 2.75) is 32.9 Å². The van der Waals surface area contributed by atoms with E-state index in [-0.39, 0.29) is 26.8 Å². The zero-order chi connectivity index (χ0) is 22.3. The van der Waals surface area contributed by atoms with Crippen LogP contribution < -0.4 is 14.9 Å². The smallest absolute Gasteiger partial charge is 0.338 e. The molecule has 1 aliphatic heterocycles. The van der Waals surface area contributed by atoms with Crippen LogP contribution in [0.2, 0.25) is 5.02 Å². The Morgan fingerprint density at radius 3 is 2.74 bits per heavy atom. The molecule has 0 radical (unpaired) electrons. The molecule has 4 rings (SSSR count). The maximum Gasteiger partial charge on any atom is 0.338 e. The third kappa shape index (κ3) is 4.03. The summed E-state index contributed by atoms with van der Waals surface area (Å²) < 4.78 is 21.5. The number of thiazole rings is 1. The maximum absolute atomic E-state index is 14.3. The first-order valence-electron chi connectivity index (χ1n) is 9.49. The second-order valence-electron chi connectivity index (χ2n) is 7.19. The molecule has 0 amide bonds. The van der Waals surface area contributed by atoms with Crippen molar-refractivity contribution in [3.8, 4) is 0 Å². The molecule has 5 nitrogen and oxygen atoms in total. The van der Waals surface area contributed by atoms with Gasteiger partial charge in [0.15, 0.2) is 4.80 Å². The predicted octanol–water partition coefficient (Wildman–Crippen LogP) is 4.04. The molecule has 2 aromatic heterocycles. The van der Waals surface area contributed by atoms with Gasteiger partial charge in [-0.1, -0.05) is 35.1 Å². The van der Waals surface area contributed by atoms with Crippen LogP contribution in [0.1, 0.15) is 37.3 Å². The van der Waals surface area contributed by atoms with Gasteiger partial charge in [-0.05, 0) is 50.4 Å². The Balaban J connectivity index is 1.96. The fourth-order valence-corrected chi connectivity index (χ4v) is 5.43. The molecule has 160 valence electrons. The summed E-state index contributed by atoms with van der Waals surface area (Å²) in [6.07, 6.45) is 1.11. The minimum atomic E-state index is -0.666. The van der Waals surface area contributed by atoms with Crippen molar-refractivity contribution < 1.29 is 13.9 Å². The van der Waals surface area contributed by atoms with E-state index < -0.39 is 17.8 Å². The van der Waals surface area contributed by atoms with E-state index in [0.717, 1.165) is 16.2 Å². The van der Waals surface area contributed by atoms with Gasteiger partial charge in [-0.2, -0.15) is 0 Å². The predicted molar refractivity (Wildman–Crippen MR) is 121 cm³/mol. The third-order valence-electron chi connectivity index (χ3n) is 4.67. The van der Waals surface area contributed by atoms with Crippen LogP contribution in [-0.4, -0.2) is 16.6 Å². The first kappa shape index (κ1) is 21.7. The minimum Gasteiger partial charge on any atom is -0.459 e. The van der Waals surface area contributed by atoms with Gasteiger partial charge in [0, 0.05) is 10.4 Å². The van der Waals surface area contributed by atoms with Crippen LogP contribution in [0.15, 0.2) is 56.8 Å². The number of rotatable bonds is 4. The number of thiophene rings is 1. The van der Waals surface area contributed by atoms with Crippen LogP contribution >= 0.6 is 34.3 Å². The average molecular weight is 477 g/mol. The zero-order valence-electron chi connectivity index (χ0n) is 16.9. The van der Waals surface area contributed by atoms with Gasteiger partial charge in [-0.25, -0.2) is 14.2 Å². The van der Waals surface area contributed by atoms with Gasteiger partial charge in [0.2, 0.25) is 0 Å². The average Bonchev–Trinajstić information content (AvgIpc) is 3.32. The van der Waals surface area contributed by atoms with Crippen LogP contribution in [-0.2, 0) is 9.53 Å². The molecule has 0 bridgehead atoms. The lowest BCUT2D eigenvalue weighted by atomic mass is 10.0. The van der Waals surface area contributed by atoms with E-state index in [0.29, 0.717) is 16.1 Å². The first-order chi connectivity index (χ1) is 14.8. The van der Waals surface area contributed by atoms with E-state index >= 15 is 0 Å². The van der Waals surface area contributed by atoms with Gasteiger partial charge in [-0.3, -0.25) is 9.36 Å². The van der Waals surface area contributed by atoms with E-state index in [4.69, 9.17) is 16.3 Å². The van der Waals surface area contributed by atoms with Crippen LogP contribution in [0.4, 0.5) is 4.39 Å². The molecule has 0 fully saturated rings. The molecule has 0 N–H and O–H groups in total. The van der Waals surface area contributed by atoms with E-state index in [9.17, 15) is 14.0 Å². The zero-order valence-corrected chi connectivity index (χ0v) is 19.3. The summed E-state index contributed by atoms with van der Waals surface area (Å²) >= 11 is 8.70. The number of carbonyl (C=O) groups is 1. The van der Waals surface area contributed by atoms with Crippen LogP contribution in [0.25, 0.3) is 6.08 Å². The minimum absolute atomic E-state index is 0.136. The molecule has 1 atom stereocenters. The van der Waals surface area contributed by atoms with Crippen molar-refractivity contribution in [2.24, 2.45) is 4.99 Å². The lowest BCUT2D eigenvalue weighted by Crippen LogP contribution is -2.39. The topological polar surface area (TPSA) is 60.7 Å². The normalized spacial score (nSPS) is 16.5. The highest BCUT2D eigenvalue weighted by molar-refractivity contribution is 7.10. The summed E-state index contributed by atoms with van der Waals surface area (Å²) in [4.78, 5) is 32.0. The largest absolute Gasteiger partial charge is 0.459 e. The number of ether oxygens (including phenoxy) is 1. The number of nitrogens with zero attached hydrogens (tertiary/aromatic N) is 2. The van der Waals surface area contributed by atoms with Crippen molar-refractivity contribution in [1.82, 2.24) is 4.57 Å². The number of esters is 1. The molecule has 0 saturated carbocycles. The summed E-state index contributed by atoms with van der Waals surface area (Å²) in [5.74, 6) is -1.04. The fraction of sp³-hybridized carbons (Fsp3) is 0.227. The lowest BCUT2D eigenvalue weighted by molar-refractivity contribution is -0.143. The number of hydrogen-bond acceptors (Lipinski definition) is 6. The second kappa shape index (κ2) is 8.53. The standard InChI is InChI=1S/C22H18ClFN2O3S2/c1-11(2)29-21(28)18-12(3)25-22-26(19(18)16-8-5-9-30-16)20(27)17(31-22)10-13-14(23)6-4-7-15(13)24/h4-11,19H,1-3H3/b17-10+. The molecule has 1 unspecified atom stereocenters. The van der Waals surface area contributed by atoms with Crippen molar-refractivity contribution in [3.63, 3.8) is 0 Å². The molecule has 0 aliphatic carbocycles. The summed E-state index contributed by atoms with van der Waals surface area (Å²) in [5, 5.41) is 2.09. The van der Waals surface area contributed by atoms with Crippen LogP contribution in [0.3, 0.4) is 0 Å². The number of allylic oxidation sites excluding steroid dienone is 1. The summed E-state index contributed by atoms with van der Waals surface area (Å²) in [5.41, 5.74) is 0.570. The Morgan fingerprint density at radius 2 is 2.10 bits per heavy atom. The number of aromatic nitrogens is 1. The highest BCUT2D eigenvalue weighted by atomic mass is 35.5. The van der Waals surface area contributed by atoms with E-state index in [2.05, 4.69) is 4.99 Å². The molecule has 0 spiro atoms. The Bertz CT molecular complexity index is 1350. The number of carbonyl (C=O) groups excluding carboxylic acids is 1. The summed E-state index contributed by atoms with van der Waals surface area (Å²) in [6.45, 7) is 5.25. The first-order valence-corrected chi connectivity index (χ1v) is 11.6. The number of benzene rings is 1. The Kier molecular flexibility index (Phi) is 5.96. The van der Waals surface area contributed by atoms with Crippen molar-refractivity contribution >= 4 is 46.3 Å². The van der Waals surface area contributed by atoms with Gasteiger partial charge in [0.1, 0.15) is 11.9 Å². The van der Waals surface area contributed by atoms with E-state index in [1.807, 2.05) is 17.5 Å². The molecule has 1 aromatic carbocycles. The molecule has 9 heteroatoms. The van der Waals surface area contributed by atoms with Gasteiger partial charge in [-0.15, -0.1) is 11.3 Å². The van der Waals surface area contributed by atoms with Crippen molar-refractivity contribution in [3.05, 3.63) is 88.0 Å². The number of hydrogen-bond donors (Lipinski definition) is 0. The van der Waals surface area contributed by atoms with Gasteiger partial charge in [0.25, 0.3) is 5.56 Å². The molecule has 3 heterocycles. The Labute approximate surface area is 190 Å². The fourth-order valence-electron chi connectivity index (χ4n) is 3.36. The molecule has 0 saturated heterocycles. The Morgan fingerprint density at radius 1 is 1.32 bits per heavy atom. The maximum atomic E-state index is 14.3. The monoisotopic (exact) mass is 476 g/mol. The van der Waals surface area contributed by atoms with Gasteiger partial charge in [0.05, 0.1) is 26.9 Å². The summed E-state index contributed by atoms with van der Waals surface area (Å²) in [6, 6.07) is 7.40. The van der Waals surface area contributed by atoms with Crippen molar-refractivity contribution in [1.29, 1.82) is 0 Å². The van der Waals surface area contributed by atoms with E-state index in [1.165, 1.54) is 34.1 Å². The number of halogens is 2. The quantitative estimate of drug-likeness (QED) is 0.534. The van der Waals surface area contributed by atoms with Crippen LogP contribution in [0, 0.1) is 5.82 Å².